The SMILES string of the molecule is NC(=O)C1N(C(=O)CCc2ccc(Cl)cc2)CCN2C(=O)N(CC(F)(F)F)C(=O)[C@@]12Cc1ccccn1. The first kappa shape index (κ1) is 26.4. The molecule has 4 rings (SSSR count). The second-order valence-corrected chi connectivity index (χ2v) is 9.32. The molecule has 2 fully saturated rings. The second-order valence-electron chi connectivity index (χ2n) is 8.88. The molecule has 5 amide bonds. The molecular weight excluding hydrogens is 515 g/mol. The zero-order valence-corrected chi connectivity index (χ0v) is 20.2. The fourth-order valence-corrected chi connectivity index (χ4v) is 5.10. The second kappa shape index (κ2) is 10.0. The molecule has 0 aliphatic carbocycles. The van der Waals surface area contributed by atoms with Crippen LogP contribution in [0.1, 0.15) is 17.7 Å². The summed E-state index contributed by atoms with van der Waals surface area (Å²) in [6.07, 6.45) is -3.66. The standard InChI is InChI=1S/C24H23ClF3N5O4/c25-16-7-4-15(5-8-16)6-9-18(34)31-11-12-33-22(37)32(14-24(26,27)28)21(36)23(33,19(31)20(29)35)13-17-3-1-2-10-30-17/h1-5,7-8,10,19H,6,9,11-14H2,(H2,29,35)/t19?,23-/m1/s1. The number of nitrogens with zero attached hydrogens (tertiary/aromatic N) is 4. The lowest BCUT2D eigenvalue weighted by molar-refractivity contribution is -0.162. The van der Waals surface area contributed by atoms with E-state index >= 15 is 0 Å². The number of amides is 5. The highest BCUT2D eigenvalue weighted by atomic mass is 35.5. The number of hydrogen-bond donors (Lipinski definition) is 1. The number of aromatic nitrogens is 1. The minimum Gasteiger partial charge on any atom is -0.368 e. The molecule has 1 aromatic heterocycles. The Morgan fingerprint density at radius 3 is 2.41 bits per heavy atom. The molecule has 37 heavy (non-hydrogen) atoms. The number of carbonyl (C=O) groups excluding carboxylic acids is 4. The maximum absolute atomic E-state index is 13.6. The first-order chi connectivity index (χ1) is 17.4. The van der Waals surface area contributed by atoms with Gasteiger partial charge in [0.05, 0.1) is 0 Å². The summed E-state index contributed by atoms with van der Waals surface area (Å²) in [4.78, 5) is 59.0. The zero-order valence-electron chi connectivity index (χ0n) is 19.4. The van der Waals surface area contributed by atoms with E-state index in [1.165, 1.54) is 12.3 Å². The van der Waals surface area contributed by atoms with Gasteiger partial charge in [-0.15, -0.1) is 0 Å². The van der Waals surface area contributed by atoms with Crippen molar-refractivity contribution < 1.29 is 32.3 Å². The highest BCUT2D eigenvalue weighted by molar-refractivity contribution is 6.30. The predicted octanol–water partition coefficient (Wildman–Crippen LogP) is 2.17. The Balaban J connectivity index is 1.72. The van der Waals surface area contributed by atoms with Gasteiger partial charge in [0, 0.05) is 42.8 Å². The number of alkyl halides is 3. The number of benzene rings is 1. The van der Waals surface area contributed by atoms with Crippen LogP contribution in [-0.2, 0) is 27.2 Å². The van der Waals surface area contributed by atoms with E-state index in [1.54, 1.807) is 36.4 Å². The molecule has 0 radical (unpaired) electrons. The number of pyridine rings is 1. The molecule has 1 unspecified atom stereocenters. The van der Waals surface area contributed by atoms with Gasteiger partial charge in [0.15, 0.2) is 5.54 Å². The summed E-state index contributed by atoms with van der Waals surface area (Å²) in [6.45, 7) is -2.28. The Bertz CT molecular complexity index is 1210. The number of primary amides is 1. The Labute approximate surface area is 215 Å². The third kappa shape index (κ3) is 5.10. The first-order valence-electron chi connectivity index (χ1n) is 11.4. The third-order valence-electron chi connectivity index (χ3n) is 6.53. The third-order valence-corrected chi connectivity index (χ3v) is 6.78. The monoisotopic (exact) mass is 537 g/mol. The van der Waals surface area contributed by atoms with Crippen molar-refractivity contribution in [1.82, 2.24) is 19.7 Å². The summed E-state index contributed by atoms with van der Waals surface area (Å²) < 4.78 is 39.9. The number of piperazine rings is 1. The Kier molecular flexibility index (Phi) is 7.13. The number of halogens is 4. The normalized spacial score (nSPS) is 21.8. The molecule has 2 aromatic rings. The molecule has 2 saturated heterocycles. The van der Waals surface area contributed by atoms with Crippen molar-refractivity contribution >= 4 is 35.4 Å². The summed E-state index contributed by atoms with van der Waals surface area (Å²) in [6, 6.07) is 8.58. The molecule has 0 bridgehead atoms. The Hall–Kier alpha value is -3.67. The van der Waals surface area contributed by atoms with Crippen molar-refractivity contribution in [3.63, 3.8) is 0 Å². The maximum atomic E-state index is 13.6. The average Bonchev–Trinajstić information content (AvgIpc) is 3.03. The van der Waals surface area contributed by atoms with E-state index in [0.29, 0.717) is 5.02 Å². The van der Waals surface area contributed by atoms with Crippen molar-refractivity contribution in [3.05, 3.63) is 64.9 Å². The van der Waals surface area contributed by atoms with E-state index in [2.05, 4.69) is 4.98 Å². The van der Waals surface area contributed by atoms with Crippen LogP contribution in [0, 0.1) is 0 Å². The van der Waals surface area contributed by atoms with Gasteiger partial charge in [-0.05, 0) is 36.2 Å². The number of imide groups is 1. The summed E-state index contributed by atoms with van der Waals surface area (Å²) in [5, 5.41) is 0.518. The van der Waals surface area contributed by atoms with Crippen LogP contribution in [0.2, 0.25) is 5.02 Å². The summed E-state index contributed by atoms with van der Waals surface area (Å²) in [5.41, 5.74) is 4.56. The van der Waals surface area contributed by atoms with Crippen molar-refractivity contribution in [2.24, 2.45) is 5.73 Å². The number of aryl methyl sites for hydroxylation is 1. The van der Waals surface area contributed by atoms with E-state index in [4.69, 9.17) is 17.3 Å². The van der Waals surface area contributed by atoms with Crippen LogP contribution in [0.25, 0.3) is 0 Å². The van der Waals surface area contributed by atoms with E-state index in [1.807, 2.05) is 0 Å². The van der Waals surface area contributed by atoms with Crippen LogP contribution < -0.4 is 5.73 Å². The van der Waals surface area contributed by atoms with Crippen LogP contribution in [0.15, 0.2) is 48.7 Å². The van der Waals surface area contributed by atoms with Gasteiger partial charge in [-0.2, -0.15) is 13.2 Å². The van der Waals surface area contributed by atoms with Crippen LogP contribution >= 0.6 is 11.6 Å². The van der Waals surface area contributed by atoms with Crippen molar-refractivity contribution in [1.29, 1.82) is 0 Å². The van der Waals surface area contributed by atoms with Gasteiger partial charge < -0.3 is 15.5 Å². The van der Waals surface area contributed by atoms with Gasteiger partial charge in [-0.3, -0.25) is 24.3 Å². The lowest BCUT2D eigenvalue weighted by atomic mass is 9.79. The largest absolute Gasteiger partial charge is 0.406 e. The average molecular weight is 538 g/mol. The highest BCUT2D eigenvalue weighted by Crippen LogP contribution is 2.40. The summed E-state index contributed by atoms with van der Waals surface area (Å²) in [5.74, 6) is -2.90. The predicted molar refractivity (Wildman–Crippen MR) is 125 cm³/mol. The fraction of sp³-hybridized carbons (Fsp3) is 0.375. The molecule has 2 atom stereocenters. The Morgan fingerprint density at radius 1 is 1.11 bits per heavy atom. The number of urea groups is 1. The van der Waals surface area contributed by atoms with Gasteiger partial charge in [0.2, 0.25) is 11.8 Å². The molecule has 13 heteroatoms. The molecule has 1 aromatic carbocycles. The van der Waals surface area contributed by atoms with E-state index in [9.17, 15) is 32.3 Å². The van der Waals surface area contributed by atoms with Crippen LogP contribution in [-0.4, -0.2) is 80.8 Å². The van der Waals surface area contributed by atoms with Crippen molar-refractivity contribution in [3.8, 4) is 0 Å². The van der Waals surface area contributed by atoms with E-state index < -0.39 is 54.5 Å². The van der Waals surface area contributed by atoms with Gasteiger partial charge in [-0.25, -0.2) is 4.79 Å². The topological polar surface area (TPSA) is 117 Å². The molecular formula is C24H23ClF3N5O4. The van der Waals surface area contributed by atoms with Crippen LogP contribution in [0.4, 0.5) is 18.0 Å². The highest BCUT2D eigenvalue weighted by Gasteiger charge is 2.67. The molecule has 196 valence electrons. The smallest absolute Gasteiger partial charge is 0.368 e. The first-order valence-corrected chi connectivity index (χ1v) is 11.8. The van der Waals surface area contributed by atoms with Gasteiger partial charge in [0.25, 0.3) is 5.91 Å². The lowest BCUT2D eigenvalue weighted by Gasteiger charge is -2.49. The maximum Gasteiger partial charge on any atom is 0.406 e. The molecule has 3 heterocycles. The zero-order chi connectivity index (χ0) is 27.0. The fourth-order valence-electron chi connectivity index (χ4n) is 4.98. The number of rotatable bonds is 7. The molecule has 2 aliphatic rings. The van der Waals surface area contributed by atoms with Crippen LogP contribution in [0.5, 0.6) is 0 Å². The van der Waals surface area contributed by atoms with Crippen molar-refractivity contribution in [2.75, 3.05) is 19.6 Å². The quantitative estimate of drug-likeness (QED) is 0.543. The number of hydrogen-bond acceptors (Lipinski definition) is 5. The van der Waals surface area contributed by atoms with Gasteiger partial charge in [0.1, 0.15) is 12.6 Å². The van der Waals surface area contributed by atoms with Gasteiger partial charge >= 0.3 is 12.2 Å². The molecule has 2 aliphatic heterocycles. The minimum atomic E-state index is -4.87. The summed E-state index contributed by atoms with van der Waals surface area (Å²) >= 11 is 5.89. The Morgan fingerprint density at radius 2 is 1.81 bits per heavy atom. The lowest BCUT2D eigenvalue weighted by Crippen LogP contribution is -2.74. The molecule has 9 nitrogen and oxygen atoms in total. The number of carbonyl (C=O) groups is 4. The molecule has 0 spiro atoms. The van der Waals surface area contributed by atoms with Crippen molar-refractivity contribution in [2.45, 2.75) is 37.0 Å². The summed E-state index contributed by atoms with van der Waals surface area (Å²) in [7, 11) is 0. The molecule has 2 N–H and O–H groups in total. The van der Waals surface area contributed by atoms with Gasteiger partial charge in [-0.1, -0.05) is 29.8 Å². The minimum absolute atomic E-state index is 0.0700. The number of nitrogens with two attached hydrogens (primary N) is 1. The van der Waals surface area contributed by atoms with E-state index in [0.717, 1.165) is 15.4 Å². The number of fused-ring (bicyclic) bond motifs is 1. The van der Waals surface area contributed by atoms with Crippen LogP contribution in [0.3, 0.4) is 0 Å². The van der Waals surface area contributed by atoms with E-state index in [-0.39, 0.29) is 36.5 Å². The molecule has 0 saturated carbocycles.